The van der Waals surface area contributed by atoms with Gasteiger partial charge in [-0.25, -0.2) is 13.1 Å². The number of carbonyl (C=O) groups is 1. The van der Waals surface area contributed by atoms with E-state index in [2.05, 4.69) is 4.72 Å². The molecule has 2 N–H and O–H groups in total. The van der Waals surface area contributed by atoms with Crippen LogP contribution in [0.5, 0.6) is 0 Å². The molecule has 112 valence electrons. The van der Waals surface area contributed by atoms with Crippen molar-refractivity contribution in [3.63, 3.8) is 0 Å². The summed E-state index contributed by atoms with van der Waals surface area (Å²) in [4.78, 5) is 11.1. The second-order valence-corrected chi connectivity index (χ2v) is 7.40. The van der Waals surface area contributed by atoms with Crippen LogP contribution in [0.2, 0.25) is 0 Å². The molecular weight excluding hydrogens is 266 g/mol. The van der Waals surface area contributed by atoms with E-state index in [1.807, 2.05) is 6.92 Å². The van der Waals surface area contributed by atoms with Gasteiger partial charge in [0.2, 0.25) is 10.0 Å². The van der Waals surface area contributed by atoms with E-state index >= 15 is 0 Å². The Bertz CT molecular complexity index is 387. The van der Waals surface area contributed by atoms with Crippen LogP contribution in [0.3, 0.4) is 0 Å². The summed E-state index contributed by atoms with van der Waals surface area (Å²) in [5.74, 6) is -1.06. The highest BCUT2D eigenvalue weighted by Gasteiger charge is 2.30. The van der Waals surface area contributed by atoms with Crippen LogP contribution in [-0.4, -0.2) is 31.3 Å². The quantitative estimate of drug-likeness (QED) is 0.751. The Balaban J connectivity index is 2.62. The van der Waals surface area contributed by atoms with Crippen LogP contribution in [0.25, 0.3) is 0 Å². The maximum absolute atomic E-state index is 12.1. The summed E-state index contributed by atoms with van der Waals surface area (Å²) in [6, 6.07) is -1.02. The number of carboxylic acids is 1. The second kappa shape index (κ2) is 7.24. The van der Waals surface area contributed by atoms with Crippen LogP contribution in [0.1, 0.15) is 52.4 Å². The Morgan fingerprint density at radius 2 is 1.89 bits per heavy atom. The molecule has 0 aliphatic heterocycles. The molecule has 0 bridgehead atoms. The zero-order valence-electron chi connectivity index (χ0n) is 11.8. The number of carboxylic acid groups (broad SMARTS) is 1. The number of hydrogen-bond acceptors (Lipinski definition) is 3. The van der Waals surface area contributed by atoms with Gasteiger partial charge in [-0.15, -0.1) is 0 Å². The molecule has 1 fully saturated rings. The maximum atomic E-state index is 12.1. The molecule has 0 radical (unpaired) electrons. The van der Waals surface area contributed by atoms with Gasteiger partial charge in [0.05, 0.1) is 5.75 Å². The van der Waals surface area contributed by atoms with Crippen molar-refractivity contribution in [2.45, 2.75) is 58.4 Å². The molecule has 1 aliphatic carbocycles. The molecule has 1 rings (SSSR count). The van der Waals surface area contributed by atoms with E-state index in [0.29, 0.717) is 6.42 Å². The predicted octanol–water partition coefficient (Wildman–Crippen LogP) is 1.99. The van der Waals surface area contributed by atoms with Gasteiger partial charge in [-0.05, 0) is 24.7 Å². The SMILES string of the molecule is CCC(C)[C@H](NS(=O)(=O)CC1CCCCC1)C(=O)O. The van der Waals surface area contributed by atoms with Gasteiger partial charge in [0.25, 0.3) is 0 Å². The van der Waals surface area contributed by atoms with Crippen LogP contribution >= 0.6 is 0 Å². The molecule has 6 heteroatoms. The summed E-state index contributed by atoms with van der Waals surface area (Å²) in [5, 5.41) is 9.12. The van der Waals surface area contributed by atoms with E-state index in [1.165, 1.54) is 6.42 Å². The molecule has 2 atom stereocenters. The van der Waals surface area contributed by atoms with Crippen molar-refractivity contribution < 1.29 is 18.3 Å². The third kappa shape index (κ3) is 5.48. The zero-order valence-corrected chi connectivity index (χ0v) is 12.6. The Hall–Kier alpha value is -0.620. The summed E-state index contributed by atoms with van der Waals surface area (Å²) < 4.78 is 26.5. The Morgan fingerprint density at radius 1 is 1.32 bits per heavy atom. The average molecular weight is 291 g/mol. The Labute approximate surface area is 115 Å². The molecule has 1 unspecified atom stereocenters. The lowest BCUT2D eigenvalue weighted by Crippen LogP contribution is -2.46. The average Bonchev–Trinajstić information content (AvgIpc) is 2.35. The molecule has 1 aliphatic rings. The van der Waals surface area contributed by atoms with Gasteiger partial charge in [-0.1, -0.05) is 39.5 Å². The fraction of sp³-hybridized carbons (Fsp3) is 0.923. The summed E-state index contributed by atoms with van der Waals surface area (Å²) in [6.45, 7) is 3.61. The Morgan fingerprint density at radius 3 is 2.37 bits per heavy atom. The van der Waals surface area contributed by atoms with E-state index in [0.717, 1.165) is 25.7 Å². The molecule has 0 aromatic heterocycles. The predicted molar refractivity (Wildman–Crippen MR) is 74.4 cm³/mol. The lowest BCUT2D eigenvalue weighted by Gasteiger charge is -2.24. The smallest absolute Gasteiger partial charge is 0.322 e. The number of nitrogens with one attached hydrogen (secondary N) is 1. The van der Waals surface area contributed by atoms with Crippen LogP contribution in [0.4, 0.5) is 0 Å². The van der Waals surface area contributed by atoms with E-state index < -0.39 is 22.0 Å². The molecule has 0 aromatic rings. The lowest BCUT2D eigenvalue weighted by atomic mass is 9.91. The number of aliphatic carboxylic acids is 1. The van der Waals surface area contributed by atoms with E-state index in [-0.39, 0.29) is 17.6 Å². The molecule has 0 heterocycles. The molecule has 0 saturated heterocycles. The summed E-state index contributed by atoms with van der Waals surface area (Å²) in [7, 11) is -3.51. The monoisotopic (exact) mass is 291 g/mol. The zero-order chi connectivity index (χ0) is 14.5. The molecular formula is C13H25NO4S. The fourth-order valence-electron chi connectivity index (χ4n) is 2.55. The van der Waals surface area contributed by atoms with Gasteiger partial charge in [0, 0.05) is 0 Å². The first-order valence-corrected chi connectivity index (χ1v) is 8.73. The van der Waals surface area contributed by atoms with E-state index in [4.69, 9.17) is 5.11 Å². The van der Waals surface area contributed by atoms with Crippen molar-refractivity contribution in [2.24, 2.45) is 11.8 Å². The third-order valence-corrected chi connectivity index (χ3v) is 5.49. The van der Waals surface area contributed by atoms with Gasteiger partial charge in [0.15, 0.2) is 0 Å². The second-order valence-electron chi connectivity index (χ2n) is 5.60. The minimum absolute atomic E-state index is 0.0627. The number of sulfonamides is 1. The van der Waals surface area contributed by atoms with Crippen molar-refractivity contribution in [1.29, 1.82) is 0 Å². The van der Waals surface area contributed by atoms with Crippen molar-refractivity contribution in [3.05, 3.63) is 0 Å². The highest BCUT2D eigenvalue weighted by molar-refractivity contribution is 7.89. The van der Waals surface area contributed by atoms with Crippen LogP contribution in [0, 0.1) is 11.8 Å². The summed E-state index contributed by atoms with van der Waals surface area (Å²) in [6.07, 6.45) is 5.82. The molecule has 0 amide bonds. The first-order chi connectivity index (χ1) is 8.85. The van der Waals surface area contributed by atoms with Gasteiger partial charge < -0.3 is 5.11 Å². The summed E-state index contributed by atoms with van der Waals surface area (Å²) >= 11 is 0. The Kier molecular flexibility index (Phi) is 6.26. The van der Waals surface area contributed by atoms with Gasteiger partial charge in [-0.2, -0.15) is 0 Å². The normalized spacial score (nSPS) is 20.9. The molecule has 19 heavy (non-hydrogen) atoms. The topological polar surface area (TPSA) is 83.5 Å². The van der Waals surface area contributed by atoms with Crippen LogP contribution in [-0.2, 0) is 14.8 Å². The van der Waals surface area contributed by atoms with Crippen molar-refractivity contribution in [2.75, 3.05) is 5.75 Å². The maximum Gasteiger partial charge on any atom is 0.322 e. The molecule has 0 aromatic carbocycles. The largest absolute Gasteiger partial charge is 0.480 e. The minimum atomic E-state index is -3.51. The lowest BCUT2D eigenvalue weighted by molar-refractivity contribution is -0.140. The first-order valence-electron chi connectivity index (χ1n) is 7.08. The van der Waals surface area contributed by atoms with Crippen molar-refractivity contribution in [1.82, 2.24) is 4.72 Å². The van der Waals surface area contributed by atoms with Crippen LogP contribution in [0.15, 0.2) is 0 Å². The van der Waals surface area contributed by atoms with Crippen LogP contribution < -0.4 is 4.72 Å². The molecule has 0 spiro atoms. The van der Waals surface area contributed by atoms with E-state index in [1.54, 1.807) is 6.92 Å². The minimum Gasteiger partial charge on any atom is -0.480 e. The standard InChI is InChI=1S/C13H25NO4S/c1-3-10(2)12(13(15)16)14-19(17,18)9-11-7-5-4-6-8-11/h10-12,14H,3-9H2,1-2H3,(H,15,16)/t10?,12-/m0/s1. The van der Waals surface area contributed by atoms with Crippen molar-refractivity contribution >= 4 is 16.0 Å². The van der Waals surface area contributed by atoms with Gasteiger partial charge >= 0.3 is 5.97 Å². The number of hydrogen-bond donors (Lipinski definition) is 2. The third-order valence-electron chi connectivity index (χ3n) is 3.97. The highest BCUT2D eigenvalue weighted by atomic mass is 32.2. The highest BCUT2D eigenvalue weighted by Crippen LogP contribution is 2.25. The summed E-state index contributed by atoms with van der Waals surface area (Å²) in [5.41, 5.74) is 0. The van der Waals surface area contributed by atoms with Gasteiger partial charge in [-0.3, -0.25) is 4.79 Å². The molecule has 1 saturated carbocycles. The molecule has 5 nitrogen and oxygen atoms in total. The number of rotatable bonds is 7. The van der Waals surface area contributed by atoms with Gasteiger partial charge in [0.1, 0.15) is 6.04 Å². The van der Waals surface area contributed by atoms with Crippen molar-refractivity contribution in [3.8, 4) is 0 Å². The van der Waals surface area contributed by atoms with E-state index in [9.17, 15) is 13.2 Å². The first kappa shape index (κ1) is 16.4. The fourth-order valence-corrected chi connectivity index (χ4v) is 4.32.